The molecule has 0 saturated heterocycles. The van der Waals surface area contributed by atoms with Gasteiger partial charge < -0.3 is 10.6 Å². The summed E-state index contributed by atoms with van der Waals surface area (Å²) in [7, 11) is 0. The van der Waals surface area contributed by atoms with Crippen LogP contribution in [0.25, 0.3) is 0 Å². The van der Waals surface area contributed by atoms with Gasteiger partial charge in [-0.2, -0.15) is 5.10 Å². The lowest BCUT2D eigenvalue weighted by Gasteiger charge is -2.13. The minimum atomic E-state index is 0.870. The molecule has 5 nitrogen and oxygen atoms in total. The molecule has 1 aromatic heterocycles. The first-order chi connectivity index (χ1) is 14.3. The van der Waals surface area contributed by atoms with E-state index in [0.29, 0.717) is 0 Å². The van der Waals surface area contributed by atoms with Gasteiger partial charge >= 0.3 is 0 Å². The standard InChI is InChI=1S/C24H21N5/c1-3-7-20(8-4-1)27-22-15-23(28-21-9-5-2-6-10-21)17-24(16-22)29-26-18-19-11-13-25-14-12-19/h1-18,27-29H/b26-18+. The molecule has 0 unspecified atom stereocenters. The average molecular weight is 379 g/mol. The molecule has 3 N–H and O–H groups in total. The highest BCUT2D eigenvalue weighted by Crippen LogP contribution is 2.27. The Morgan fingerprint density at radius 3 is 1.66 bits per heavy atom. The molecule has 29 heavy (non-hydrogen) atoms. The van der Waals surface area contributed by atoms with E-state index in [-0.39, 0.29) is 0 Å². The predicted molar refractivity (Wildman–Crippen MR) is 121 cm³/mol. The molecule has 0 fully saturated rings. The summed E-state index contributed by atoms with van der Waals surface area (Å²) < 4.78 is 0. The van der Waals surface area contributed by atoms with Crippen LogP contribution in [-0.2, 0) is 0 Å². The van der Waals surface area contributed by atoms with Crippen molar-refractivity contribution in [1.82, 2.24) is 4.98 Å². The molecule has 5 heteroatoms. The summed E-state index contributed by atoms with van der Waals surface area (Å²) in [5.41, 5.74) is 8.93. The number of para-hydroxylation sites is 2. The van der Waals surface area contributed by atoms with Gasteiger partial charge in [0.25, 0.3) is 0 Å². The van der Waals surface area contributed by atoms with Gasteiger partial charge in [0.1, 0.15) is 0 Å². The van der Waals surface area contributed by atoms with Crippen molar-refractivity contribution in [3.8, 4) is 0 Å². The van der Waals surface area contributed by atoms with Crippen LogP contribution in [0.5, 0.6) is 0 Å². The Bertz CT molecular complexity index is 1000. The first-order valence-corrected chi connectivity index (χ1v) is 9.33. The van der Waals surface area contributed by atoms with Crippen molar-refractivity contribution >= 4 is 34.7 Å². The maximum atomic E-state index is 4.35. The second kappa shape index (κ2) is 9.19. The zero-order valence-electron chi connectivity index (χ0n) is 15.8. The number of aromatic nitrogens is 1. The number of benzene rings is 3. The van der Waals surface area contributed by atoms with Gasteiger partial charge in [-0.1, -0.05) is 36.4 Å². The maximum absolute atomic E-state index is 4.35. The van der Waals surface area contributed by atoms with Crippen molar-refractivity contribution in [3.05, 3.63) is 109 Å². The minimum absolute atomic E-state index is 0.870. The van der Waals surface area contributed by atoms with E-state index in [1.54, 1.807) is 18.6 Å². The fourth-order valence-corrected chi connectivity index (χ4v) is 2.84. The topological polar surface area (TPSA) is 61.3 Å². The largest absolute Gasteiger partial charge is 0.355 e. The van der Waals surface area contributed by atoms with Crippen molar-refractivity contribution in [3.63, 3.8) is 0 Å². The third kappa shape index (κ3) is 5.43. The predicted octanol–water partition coefficient (Wildman–Crippen LogP) is 6.01. The van der Waals surface area contributed by atoms with Crippen LogP contribution < -0.4 is 16.1 Å². The van der Waals surface area contributed by atoms with E-state index in [2.05, 4.69) is 32.2 Å². The summed E-state index contributed by atoms with van der Waals surface area (Å²) in [6.07, 6.45) is 5.25. The molecule has 0 amide bonds. The number of anilines is 5. The number of hydrogen-bond donors (Lipinski definition) is 3. The Kier molecular flexibility index (Phi) is 5.78. The summed E-state index contributed by atoms with van der Waals surface area (Å²) in [6, 6.07) is 30.1. The van der Waals surface area contributed by atoms with Crippen LogP contribution in [0.2, 0.25) is 0 Å². The third-order valence-corrected chi connectivity index (χ3v) is 4.17. The van der Waals surface area contributed by atoms with Crippen LogP contribution >= 0.6 is 0 Å². The van der Waals surface area contributed by atoms with E-state index in [9.17, 15) is 0 Å². The highest BCUT2D eigenvalue weighted by molar-refractivity contribution is 5.80. The third-order valence-electron chi connectivity index (χ3n) is 4.17. The Labute approximate surface area is 170 Å². The zero-order chi connectivity index (χ0) is 19.7. The molecular formula is C24H21N5. The second-order valence-corrected chi connectivity index (χ2v) is 6.43. The van der Waals surface area contributed by atoms with Gasteiger partial charge in [0.2, 0.25) is 0 Å². The normalized spacial score (nSPS) is 10.6. The van der Waals surface area contributed by atoms with E-state index < -0.39 is 0 Å². The lowest BCUT2D eigenvalue weighted by Crippen LogP contribution is -1.97. The highest BCUT2D eigenvalue weighted by atomic mass is 15.3. The van der Waals surface area contributed by atoms with Gasteiger partial charge in [0, 0.05) is 35.1 Å². The molecule has 4 rings (SSSR count). The van der Waals surface area contributed by atoms with Crippen molar-refractivity contribution in [2.75, 3.05) is 16.1 Å². The molecule has 142 valence electrons. The number of hydrogen-bond acceptors (Lipinski definition) is 5. The monoisotopic (exact) mass is 379 g/mol. The number of hydrazone groups is 1. The zero-order valence-corrected chi connectivity index (χ0v) is 15.8. The summed E-state index contributed by atoms with van der Waals surface area (Å²) in [5, 5.41) is 11.2. The highest BCUT2D eigenvalue weighted by Gasteiger charge is 2.03. The molecule has 0 saturated carbocycles. The molecule has 1 heterocycles. The molecule has 0 bridgehead atoms. The fourth-order valence-electron chi connectivity index (χ4n) is 2.84. The Morgan fingerprint density at radius 1 is 0.586 bits per heavy atom. The molecule has 0 aliphatic carbocycles. The van der Waals surface area contributed by atoms with Crippen LogP contribution in [0.15, 0.2) is 108 Å². The Balaban J connectivity index is 1.57. The average Bonchev–Trinajstić information content (AvgIpc) is 2.76. The smallest absolute Gasteiger partial charge is 0.0603 e. The molecule has 0 radical (unpaired) electrons. The van der Waals surface area contributed by atoms with E-state index >= 15 is 0 Å². The fraction of sp³-hybridized carbons (Fsp3) is 0. The van der Waals surface area contributed by atoms with E-state index in [1.165, 1.54) is 0 Å². The summed E-state index contributed by atoms with van der Waals surface area (Å²) in [4.78, 5) is 4.02. The molecule has 0 aliphatic heterocycles. The molecule has 0 spiro atoms. The Morgan fingerprint density at radius 2 is 1.10 bits per heavy atom. The number of nitrogens with one attached hydrogen (secondary N) is 3. The van der Waals surface area contributed by atoms with Crippen molar-refractivity contribution in [2.45, 2.75) is 0 Å². The quantitative estimate of drug-likeness (QED) is 0.272. The second-order valence-electron chi connectivity index (χ2n) is 6.43. The maximum Gasteiger partial charge on any atom is 0.0603 e. The lowest BCUT2D eigenvalue weighted by molar-refractivity contribution is 1.31. The molecule has 0 aliphatic rings. The molecule has 3 aromatic carbocycles. The van der Waals surface area contributed by atoms with Gasteiger partial charge in [0.15, 0.2) is 0 Å². The number of rotatable bonds is 7. The first kappa shape index (κ1) is 18.3. The molecule has 0 atom stereocenters. The number of nitrogens with zero attached hydrogens (tertiary/aromatic N) is 2. The summed E-state index contributed by atoms with van der Waals surface area (Å²) in [6.45, 7) is 0. The van der Waals surface area contributed by atoms with Crippen LogP contribution in [0, 0.1) is 0 Å². The lowest BCUT2D eigenvalue weighted by atomic mass is 10.2. The van der Waals surface area contributed by atoms with Gasteiger partial charge in [-0.3, -0.25) is 10.4 Å². The molecular weight excluding hydrogens is 358 g/mol. The Hall–Kier alpha value is -4.12. The van der Waals surface area contributed by atoms with Gasteiger partial charge in [-0.05, 0) is 60.2 Å². The minimum Gasteiger partial charge on any atom is -0.355 e. The van der Waals surface area contributed by atoms with Gasteiger partial charge in [0.05, 0.1) is 11.9 Å². The van der Waals surface area contributed by atoms with Crippen LogP contribution in [0.4, 0.5) is 28.4 Å². The number of pyridine rings is 1. The van der Waals surface area contributed by atoms with Crippen molar-refractivity contribution < 1.29 is 0 Å². The first-order valence-electron chi connectivity index (χ1n) is 9.33. The van der Waals surface area contributed by atoms with Crippen molar-refractivity contribution in [2.24, 2.45) is 5.10 Å². The van der Waals surface area contributed by atoms with Crippen LogP contribution in [0.1, 0.15) is 5.56 Å². The summed E-state index contributed by atoms with van der Waals surface area (Å²) >= 11 is 0. The van der Waals surface area contributed by atoms with Gasteiger partial charge in [-0.15, -0.1) is 0 Å². The van der Waals surface area contributed by atoms with Gasteiger partial charge in [-0.25, -0.2) is 0 Å². The molecule has 4 aromatic rings. The van der Waals surface area contributed by atoms with E-state index in [1.807, 2.05) is 84.9 Å². The SMILES string of the molecule is C(=N\Nc1cc(Nc2ccccc2)cc(Nc2ccccc2)c1)/c1ccncc1. The summed E-state index contributed by atoms with van der Waals surface area (Å²) in [5.74, 6) is 0. The van der Waals surface area contributed by atoms with E-state index in [4.69, 9.17) is 0 Å². The van der Waals surface area contributed by atoms with E-state index in [0.717, 1.165) is 34.0 Å². The van der Waals surface area contributed by atoms with Crippen LogP contribution in [-0.4, -0.2) is 11.2 Å². The van der Waals surface area contributed by atoms with Crippen LogP contribution in [0.3, 0.4) is 0 Å². The van der Waals surface area contributed by atoms with Crippen molar-refractivity contribution in [1.29, 1.82) is 0 Å².